The largest absolute Gasteiger partial charge is 0.366 e. The molecule has 0 unspecified atom stereocenters. The van der Waals surface area contributed by atoms with E-state index < -0.39 is 0 Å². The van der Waals surface area contributed by atoms with Crippen LogP contribution >= 0.6 is 11.6 Å². The summed E-state index contributed by atoms with van der Waals surface area (Å²) < 4.78 is 0. The quantitative estimate of drug-likeness (QED) is 0.439. The molecule has 0 amide bonds. The van der Waals surface area contributed by atoms with Crippen molar-refractivity contribution in [3.8, 4) is 0 Å². The minimum absolute atomic E-state index is 0.285. The summed E-state index contributed by atoms with van der Waals surface area (Å²) in [5.41, 5.74) is 3.52. The number of anilines is 2. The summed E-state index contributed by atoms with van der Waals surface area (Å²) in [4.78, 5) is 8.01. The first-order valence-electron chi connectivity index (χ1n) is 5.07. The van der Waals surface area contributed by atoms with Crippen LogP contribution in [0.15, 0.2) is 36.4 Å². The Bertz CT molecular complexity index is 488. The molecule has 17 heavy (non-hydrogen) atoms. The summed E-state index contributed by atoms with van der Waals surface area (Å²) in [6.07, 6.45) is 0. The van der Waals surface area contributed by atoms with Gasteiger partial charge in [-0.1, -0.05) is 41.9 Å². The SMILES string of the molecule is NNc1nc(Cl)cc(NCc2ccccc2)n1. The number of hydrazine groups is 1. The molecular formula is C11H12ClN5. The first kappa shape index (κ1) is 11.6. The Morgan fingerprint density at radius 3 is 2.65 bits per heavy atom. The van der Waals surface area contributed by atoms with Crippen LogP contribution in [0.3, 0.4) is 0 Å². The van der Waals surface area contributed by atoms with Crippen LogP contribution in [0.5, 0.6) is 0 Å². The van der Waals surface area contributed by atoms with Gasteiger partial charge in [-0.15, -0.1) is 0 Å². The van der Waals surface area contributed by atoms with Crippen LogP contribution in [0.4, 0.5) is 11.8 Å². The number of hydrogen-bond donors (Lipinski definition) is 3. The molecule has 0 aliphatic heterocycles. The molecule has 4 N–H and O–H groups in total. The summed E-state index contributed by atoms with van der Waals surface area (Å²) in [5, 5.41) is 3.48. The van der Waals surface area contributed by atoms with Crippen LogP contribution in [0.25, 0.3) is 0 Å². The second-order valence-corrected chi connectivity index (χ2v) is 3.77. The fraction of sp³-hybridized carbons (Fsp3) is 0.0909. The zero-order valence-corrected chi connectivity index (χ0v) is 9.78. The molecule has 2 rings (SSSR count). The van der Waals surface area contributed by atoms with Crippen molar-refractivity contribution in [2.45, 2.75) is 6.54 Å². The molecule has 1 heterocycles. The smallest absolute Gasteiger partial charge is 0.240 e. The number of aromatic nitrogens is 2. The van der Waals surface area contributed by atoms with Crippen molar-refractivity contribution in [2.75, 3.05) is 10.7 Å². The van der Waals surface area contributed by atoms with E-state index in [9.17, 15) is 0 Å². The highest BCUT2D eigenvalue weighted by molar-refractivity contribution is 6.29. The van der Waals surface area contributed by atoms with Gasteiger partial charge in [0.15, 0.2) is 0 Å². The van der Waals surface area contributed by atoms with Gasteiger partial charge in [-0.25, -0.2) is 5.84 Å². The number of halogens is 1. The average Bonchev–Trinajstić information content (AvgIpc) is 2.37. The lowest BCUT2D eigenvalue weighted by Crippen LogP contribution is -2.12. The van der Waals surface area contributed by atoms with Crippen molar-refractivity contribution in [1.82, 2.24) is 9.97 Å². The molecule has 88 valence electrons. The highest BCUT2D eigenvalue weighted by Gasteiger charge is 2.01. The molecule has 1 aromatic heterocycles. The van der Waals surface area contributed by atoms with E-state index in [1.165, 1.54) is 0 Å². The van der Waals surface area contributed by atoms with Crippen molar-refractivity contribution in [3.63, 3.8) is 0 Å². The number of hydrogen-bond acceptors (Lipinski definition) is 5. The second-order valence-electron chi connectivity index (χ2n) is 3.38. The van der Waals surface area contributed by atoms with E-state index in [1.807, 2.05) is 30.3 Å². The normalized spacial score (nSPS) is 10.0. The maximum atomic E-state index is 5.82. The lowest BCUT2D eigenvalue weighted by molar-refractivity contribution is 1.07. The monoisotopic (exact) mass is 249 g/mol. The van der Waals surface area contributed by atoms with Crippen molar-refractivity contribution in [2.24, 2.45) is 5.84 Å². The van der Waals surface area contributed by atoms with Gasteiger partial charge in [0.25, 0.3) is 0 Å². The van der Waals surface area contributed by atoms with E-state index in [1.54, 1.807) is 6.07 Å². The summed E-state index contributed by atoms with van der Waals surface area (Å²) in [6.45, 7) is 0.665. The van der Waals surface area contributed by atoms with Crippen LogP contribution in [0, 0.1) is 0 Å². The van der Waals surface area contributed by atoms with Gasteiger partial charge >= 0.3 is 0 Å². The zero-order valence-electron chi connectivity index (χ0n) is 9.02. The second kappa shape index (κ2) is 5.47. The maximum absolute atomic E-state index is 5.82. The fourth-order valence-corrected chi connectivity index (χ4v) is 1.54. The topological polar surface area (TPSA) is 75.9 Å². The van der Waals surface area contributed by atoms with E-state index >= 15 is 0 Å². The summed E-state index contributed by atoms with van der Waals surface area (Å²) in [6, 6.07) is 11.6. The fourth-order valence-electron chi connectivity index (χ4n) is 1.36. The number of nitrogens with two attached hydrogens (primary N) is 1. The van der Waals surface area contributed by atoms with Crippen LogP contribution in [-0.4, -0.2) is 9.97 Å². The third-order valence-electron chi connectivity index (χ3n) is 2.14. The summed E-state index contributed by atoms with van der Waals surface area (Å²) >= 11 is 5.82. The Morgan fingerprint density at radius 1 is 1.18 bits per heavy atom. The number of nitrogens with one attached hydrogen (secondary N) is 2. The molecule has 0 aliphatic rings. The van der Waals surface area contributed by atoms with Gasteiger partial charge in [0, 0.05) is 12.6 Å². The van der Waals surface area contributed by atoms with Gasteiger partial charge in [-0.05, 0) is 5.56 Å². The number of nitrogens with zero attached hydrogens (tertiary/aromatic N) is 2. The Hall–Kier alpha value is -1.85. The van der Waals surface area contributed by atoms with Crippen LogP contribution in [0.2, 0.25) is 5.15 Å². The van der Waals surface area contributed by atoms with Gasteiger partial charge in [-0.3, -0.25) is 5.43 Å². The number of nitrogen functional groups attached to an aromatic ring is 1. The third-order valence-corrected chi connectivity index (χ3v) is 2.33. The minimum atomic E-state index is 0.285. The van der Waals surface area contributed by atoms with Crippen LogP contribution < -0.4 is 16.6 Å². The Morgan fingerprint density at radius 2 is 1.94 bits per heavy atom. The molecule has 0 spiro atoms. The molecular weight excluding hydrogens is 238 g/mol. The van der Waals surface area contributed by atoms with E-state index in [2.05, 4.69) is 20.7 Å². The zero-order chi connectivity index (χ0) is 12.1. The standard InChI is InChI=1S/C11H12ClN5/c12-9-6-10(16-11(15-9)17-13)14-7-8-4-2-1-3-5-8/h1-6H,7,13H2,(H2,14,15,16,17). The molecule has 5 nitrogen and oxygen atoms in total. The van der Waals surface area contributed by atoms with Gasteiger partial charge in [-0.2, -0.15) is 9.97 Å². The molecule has 0 saturated heterocycles. The van der Waals surface area contributed by atoms with Gasteiger partial charge < -0.3 is 5.32 Å². The summed E-state index contributed by atoms with van der Waals surface area (Å²) in [5.74, 6) is 6.15. The number of benzene rings is 1. The average molecular weight is 250 g/mol. The Labute approximate surface area is 104 Å². The third kappa shape index (κ3) is 3.30. The molecule has 0 atom stereocenters. The maximum Gasteiger partial charge on any atom is 0.240 e. The predicted molar refractivity (Wildman–Crippen MR) is 68.6 cm³/mol. The van der Waals surface area contributed by atoms with Crippen LogP contribution in [-0.2, 0) is 6.54 Å². The molecule has 0 aliphatic carbocycles. The highest BCUT2D eigenvalue weighted by Crippen LogP contribution is 2.14. The van der Waals surface area contributed by atoms with Gasteiger partial charge in [0.1, 0.15) is 11.0 Å². The first-order chi connectivity index (χ1) is 8.28. The number of rotatable bonds is 4. The minimum Gasteiger partial charge on any atom is -0.366 e. The molecule has 0 radical (unpaired) electrons. The Kier molecular flexibility index (Phi) is 3.74. The van der Waals surface area contributed by atoms with Crippen molar-refractivity contribution < 1.29 is 0 Å². The predicted octanol–water partition coefficient (Wildman–Crippen LogP) is 2.03. The van der Waals surface area contributed by atoms with Crippen molar-refractivity contribution >= 4 is 23.4 Å². The highest BCUT2D eigenvalue weighted by atomic mass is 35.5. The van der Waals surface area contributed by atoms with E-state index in [0.29, 0.717) is 17.5 Å². The molecule has 1 aromatic carbocycles. The molecule has 6 heteroatoms. The van der Waals surface area contributed by atoms with E-state index in [-0.39, 0.29) is 5.95 Å². The summed E-state index contributed by atoms with van der Waals surface area (Å²) in [7, 11) is 0. The molecule has 0 saturated carbocycles. The van der Waals surface area contributed by atoms with Crippen molar-refractivity contribution in [1.29, 1.82) is 0 Å². The van der Waals surface area contributed by atoms with Gasteiger partial charge in [0.2, 0.25) is 5.95 Å². The van der Waals surface area contributed by atoms with Gasteiger partial charge in [0.05, 0.1) is 0 Å². The van der Waals surface area contributed by atoms with E-state index in [4.69, 9.17) is 17.4 Å². The lowest BCUT2D eigenvalue weighted by atomic mass is 10.2. The molecule has 0 fully saturated rings. The first-order valence-corrected chi connectivity index (χ1v) is 5.45. The Balaban J connectivity index is 2.06. The molecule has 2 aromatic rings. The van der Waals surface area contributed by atoms with Crippen molar-refractivity contribution in [3.05, 3.63) is 47.1 Å². The lowest BCUT2D eigenvalue weighted by Gasteiger charge is -2.07. The molecule has 0 bridgehead atoms. The van der Waals surface area contributed by atoms with Crippen LogP contribution in [0.1, 0.15) is 5.56 Å². The van der Waals surface area contributed by atoms with E-state index in [0.717, 1.165) is 5.56 Å².